The summed E-state index contributed by atoms with van der Waals surface area (Å²) in [6.07, 6.45) is 0.138. The van der Waals surface area contributed by atoms with E-state index in [9.17, 15) is 0 Å². The molecule has 1 atom stereocenters. The molecule has 1 aromatic carbocycles. The van der Waals surface area contributed by atoms with Crippen molar-refractivity contribution in [2.75, 3.05) is 38.6 Å². The van der Waals surface area contributed by atoms with Crippen LogP contribution in [-0.2, 0) is 4.74 Å². The van der Waals surface area contributed by atoms with E-state index in [-0.39, 0.29) is 6.10 Å². The van der Waals surface area contributed by atoms with Crippen molar-refractivity contribution in [3.05, 3.63) is 23.8 Å². The fourth-order valence-corrected chi connectivity index (χ4v) is 2.15. The number of hydrogen-bond acceptors (Lipinski definition) is 4. The number of benzene rings is 1. The van der Waals surface area contributed by atoms with Gasteiger partial charge in [0.15, 0.2) is 0 Å². The van der Waals surface area contributed by atoms with Crippen LogP contribution in [0.5, 0.6) is 5.75 Å². The van der Waals surface area contributed by atoms with Crippen LogP contribution in [0.3, 0.4) is 0 Å². The molecule has 4 heteroatoms. The van der Waals surface area contributed by atoms with Crippen LogP contribution in [0.1, 0.15) is 12.5 Å². The summed E-state index contributed by atoms with van der Waals surface area (Å²) in [5, 5.41) is 0. The molecular weight excluding hydrogens is 228 g/mol. The Morgan fingerprint density at radius 1 is 1.50 bits per heavy atom. The average Bonchev–Trinajstić information content (AvgIpc) is 2.38. The fraction of sp³-hybridized carbons (Fsp3) is 0.571. The van der Waals surface area contributed by atoms with Gasteiger partial charge in [-0.15, -0.1) is 0 Å². The smallest absolute Gasteiger partial charge is 0.142 e. The second-order valence-corrected chi connectivity index (χ2v) is 4.74. The minimum absolute atomic E-state index is 0.138. The van der Waals surface area contributed by atoms with Crippen molar-refractivity contribution >= 4 is 5.69 Å². The minimum Gasteiger partial charge on any atom is -0.489 e. The van der Waals surface area contributed by atoms with Gasteiger partial charge in [0.1, 0.15) is 18.5 Å². The molecule has 0 aromatic heterocycles. The Bertz CT molecular complexity index is 395. The number of anilines is 1. The maximum atomic E-state index is 5.91. The Morgan fingerprint density at radius 3 is 3.06 bits per heavy atom. The SMILES string of the molecule is CCN1CCOC(COc2ccc(C)cc2N)C1. The van der Waals surface area contributed by atoms with Crippen LogP contribution in [0.2, 0.25) is 0 Å². The Morgan fingerprint density at radius 2 is 2.33 bits per heavy atom. The van der Waals surface area contributed by atoms with Crippen molar-refractivity contribution in [1.82, 2.24) is 4.90 Å². The van der Waals surface area contributed by atoms with Crippen LogP contribution in [0.4, 0.5) is 5.69 Å². The van der Waals surface area contributed by atoms with Gasteiger partial charge in [-0.05, 0) is 31.2 Å². The predicted molar refractivity (Wildman–Crippen MR) is 72.9 cm³/mol. The first-order valence-electron chi connectivity index (χ1n) is 6.52. The Labute approximate surface area is 109 Å². The summed E-state index contributed by atoms with van der Waals surface area (Å²) in [6, 6.07) is 5.85. The van der Waals surface area contributed by atoms with Crippen LogP contribution in [0.25, 0.3) is 0 Å². The van der Waals surface area contributed by atoms with Gasteiger partial charge in [0, 0.05) is 13.1 Å². The molecule has 0 bridgehead atoms. The van der Waals surface area contributed by atoms with Gasteiger partial charge in [0.05, 0.1) is 12.3 Å². The minimum atomic E-state index is 0.138. The summed E-state index contributed by atoms with van der Waals surface area (Å²) >= 11 is 0. The van der Waals surface area contributed by atoms with Crippen LogP contribution in [-0.4, -0.2) is 43.9 Å². The van der Waals surface area contributed by atoms with Crippen molar-refractivity contribution in [2.45, 2.75) is 20.0 Å². The molecule has 0 spiro atoms. The van der Waals surface area contributed by atoms with Gasteiger partial charge >= 0.3 is 0 Å². The largest absolute Gasteiger partial charge is 0.489 e. The van der Waals surface area contributed by atoms with Crippen LogP contribution in [0, 0.1) is 6.92 Å². The molecule has 100 valence electrons. The molecule has 0 amide bonds. The zero-order valence-corrected chi connectivity index (χ0v) is 11.2. The lowest BCUT2D eigenvalue weighted by molar-refractivity contribution is -0.0462. The molecule has 0 radical (unpaired) electrons. The highest BCUT2D eigenvalue weighted by Crippen LogP contribution is 2.22. The molecule has 18 heavy (non-hydrogen) atoms. The van der Waals surface area contributed by atoms with Crippen molar-refractivity contribution in [3.8, 4) is 5.75 Å². The maximum Gasteiger partial charge on any atom is 0.142 e. The average molecular weight is 250 g/mol. The lowest BCUT2D eigenvalue weighted by atomic mass is 10.2. The highest BCUT2D eigenvalue weighted by molar-refractivity contribution is 5.54. The number of nitrogens with zero attached hydrogens (tertiary/aromatic N) is 1. The number of rotatable bonds is 4. The number of nitrogens with two attached hydrogens (primary N) is 1. The van der Waals surface area contributed by atoms with Crippen molar-refractivity contribution < 1.29 is 9.47 Å². The molecule has 1 heterocycles. The third-order valence-corrected chi connectivity index (χ3v) is 3.26. The zero-order valence-electron chi connectivity index (χ0n) is 11.2. The maximum absolute atomic E-state index is 5.91. The van der Waals surface area contributed by atoms with Gasteiger partial charge < -0.3 is 15.2 Å². The molecule has 4 nitrogen and oxygen atoms in total. The number of hydrogen-bond donors (Lipinski definition) is 1. The summed E-state index contributed by atoms with van der Waals surface area (Å²) in [6.45, 7) is 8.54. The molecule has 1 unspecified atom stereocenters. The Hall–Kier alpha value is -1.26. The third kappa shape index (κ3) is 3.37. The van der Waals surface area contributed by atoms with E-state index in [1.54, 1.807) is 0 Å². The van der Waals surface area contributed by atoms with Gasteiger partial charge in [-0.2, -0.15) is 0 Å². The van der Waals surface area contributed by atoms with Crippen LogP contribution < -0.4 is 10.5 Å². The quantitative estimate of drug-likeness (QED) is 0.826. The highest BCUT2D eigenvalue weighted by atomic mass is 16.5. The van der Waals surface area contributed by atoms with Crippen molar-refractivity contribution in [3.63, 3.8) is 0 Å². The molecule has 1 aliphatic heterocycles. The van der Waals surface area contributed by atoms with E-state index in [0.29, 0.717) is 12.3 Å². The van der Waals surface area contributed by atoms with E-state index in [4.69, 9.17) is 15.2 Å². The lowest BCUT2D eigenvalue weighted by Gasteiger charge is -2.31. The number of ether oxygens (including phenoxy) is 2. The van der Waals surface area contributed by atoms with E-state index < -0.39 is 0 Å². The van der Waals surface area contributed by atoms with Crippen molar-refractivity contribution in [2.24, 2.45) is 0 Å². The molecule has 1 saturated heterocycles. The molecule has 0 aliphatic carbocycles. The van der Waals surface area contributed by atoms with Gasteiger partial charge in [-0.1, -0.05) is 13.0 Å². The van der Waals surface area contributed by atoms with Gasteiger partial charge in [0.2, 0.25) is 0 Å². The van der Waals surface area contributed by atoms with Gasteiger partial charge in [-0.3, -0.25) is 4.90 Å². The molecule has 1 aliphatic rings. The first kappa shape index (κ1) is 13.2. The van der Waals surface area contributed by atoms with Crippen LogP contribution in [0.15, 0.2) is 18.2 Å². The third-order valence-electron chi connectivity index (χ3n) is 3.26. The molecule has 1 fully saturated rings. The topological polar surface area (TPSA) is 47.7 Å². The number of likely N-dealkylation sites (N-methyl/N-ethyl adjacent to an activating group) is 1. The zero-order chi connectivity index (χ0) is 13.0. The molecule has 2 rings (SSSR count). The molecule has 0 saturated carbocycles. The number of aryl methyl sites for hydroxylation is 1. The highest BCUT2D eigenvalue weighted by Gasteiger charge is 2.19. The lowest BCUT2D eigenvalue weighted by Crippen LogP contribution is -2.44. The molecular formula is C14H22N2O2. The van der Waals surface area contributed by atoms with E-state index in [1.165, 1.54) is 0 Å². The Kier molecular flexibility index (Phi) is 4.44. The summed E-state index contributed by atoms with van der Waals surface area (Å²) in [4.78, 5) is 2.37. The monoisotopic (exact) mass is 250 g/mol. The summed E-state index contributed by atoms with van der Waals surface area (Å²) in [5.74, 6) is 0.748. The van der Waals surface area contributed by atoms with Crippen molar-refractivity contribution in [1.29, 1.82) is 0 Å². The first-order valence-corrected chi connectivity index (χ1v) is 6.52. The standard InChI is InChI=1S/C14H22N2O2/c1-3-16-6-7-17-12(9-16)10-18-14-5-4-11(2)8-13(14)15/h4-5,8,12H,3,6-7,9-10,15H2,1-2H3. The van der Waals surface area contributed by atoms with Gasteiger partial charge in [-0.25, -0.2) is 0 Å². The summed E-state index contributed by atoms with van der Waals surface area (Å²) < 4.78 is 11.4. The summed E-state index contributed by atoms with van der Waals surface area (Å²) in [5.41, 5.74) is 7.75. The number of nitrogen functional groups attached to an aromatic ring is 1. The fourth-order valence-electron chi connectivity index (χ4n) is 2.15. The van der Waals surface area contributed by atoms with E-state index in [1.807, 2.05) is 25.1 Å². The number of morpholine rings is 1. The second-order valence-electron chi connectivity index (χ2n) is 4.74. The normalized spacial score (nSPS) is 20.9. The predicted octanol–water partition coefficient (Wildman–Crippen LogP) is 1.68. The Balaban J connectivity index is 1.87. The van der Waals surface area contributed by atoms with Crippen LogP contribution >= 0.6 is 0 Å². The van der Waals surface area contributed by atoms with Gasteiger partial charge in [0.25, 0.3) is 0 Å². The first-order chi connectivity index (χ1) is 8.69. The van der Waals surface area contributed by atoms with E-state index >= 15 is 0 Å². The molecule has 1 aromatic rings. The van der Waals surface area contributed by atoms with E-state index in [2.05, 4.69) is 11.8 Å². The summed E-state index contributed by atoms with van der Waals surface area (Å²) in [7, 11) is 0. The van der Waals surface area contributed by atoms with E-state index in [0.717, 1.165) is 37.6 Å². The molecule has 2 N–H and O–H groups in total. The second kappa shape index (κ2) is 6.07.